The van der Waals surface area contributed by atoms with Gasteiger partial charge in [0, 0.05) is 35.6 Å². The quantitative estimate of drug-likeness (QED) is 0.500. The summed E-state index contributed by atoms with van der Waals surface area (Å²) < 4.78 is 13.4. The summed E-state index contributed by atoms with van der Waals surface area (Å²) in [5.41, 5.74) is 3.48. The lowest BCUT2D eigenvalue weighted by molar-refractivity contribution is 0.0901. The summed E-state index contributed by atoms with van der Waals surface area (Å²) in [7, 11) is 0. The molecule has 0 fully saturated rings. The molecule has 0 saturated carbocycles. The Kier molecular flexibility index (Phi) is 5.44. The number of imidazole rings is 1. The smallest absolute Gasteiger partial charge is 0.287 e. The molecule has 1 unspecified atom stereocenters. The van der Waals surface area contributed by atoms with E-state index in [1.807, 2.05) is 73.1 Å². The number of para-hydroxylation sites is 1. The van der Waals surface area contributed by atoms with Gasteiger partial charge in [0.1, 0.15) is 5.58 Å². The first-order valence-electron chi connectivity index (χ1n) is 9.64. The molecule has 4 rings (SSSR count). The van der Waals surface area contributed by atoms with Crippen molar-refractivity contribution < 1.29 is 13.9 Å². The Bertz CT molecular complexity index is 1100. The number of aromatic nitrogens is 2. The molecule has 2 aromatic heterocycles. The zero-order valence-corrected chi connectivity index (χ0v) is 16.5. The molecule has 0 aliphatic rings. The van der Waals surface area contributed by atoms with Crippen LogP contribution in [0, 0.1) is 0 Å². The highest BCUT2D eigenvalue weighted by Gasteiger charge is 2.22. The standard InChI is InChI=1S/C23H23N3O3/c1-3-28-14-20-19-6-4-5-7-21(19)29-22(20)23(27)25-16(2)17-8-10-18(11-9-17)26-13-12-24-15-26/h4-13,15-16H,3,14H2,1-2H3,(H,25,27). The van der Waals surface area contributed by atoms with E-state index in [9.17, 15) is 4.79 Å². The Morgan fingerprint density at radius 1 is 1.21 bits per heavy atom. The van der Waals surface area contributed by atoms with E-state index >= 15 is 0 Å². The first kappa shape index (κ1) is 19.0. The van der Waals surface area contributed by atoms with Gasteiger partial charge in [-0.1, -0.05) is 30.3 Å². The van der Waals surface area contributed by atoms with Crippen LogP contribution < -0.4 is 5.32 Å². The summed E-state index contributed by atoms with van der Waals surface area (Å²) in [5.74, 6) is 0.0589. The van der Waals surface area contributed by atoms with Gasteiger partial charge in [-0.25, -0.2) is 4.98 Å². The van der Waals surface area contributed by atoms with Gasteiger partial charge in [0.15, 0.2) is 5.76 Å². The fraction of sp³-hybridized carbons (Fsp3) is 0.217. The van der Waals surface area contributed by atoms with Crippen molar-refractivity contribution >= 4 is 16.9 Å². The minimum absolute atomic E-state index is 0.174. The summed E-state index contributed by atoms with van der Waals surface area (Å²) in [6.07, 6.45) is 5.38. The molecule has 0 spiro atoms. The van der Waals surface area contributed by atoms with Crippen LogP contribution >= 0.6 is 0 Å². The number of hydrogen-bond acceptors (Lipinski definition) is 4. The monoisotopic (exact) mass is 389 g/mol. The second kappa shape index (κ2) is 8.32. The summed E-state index contributed by atoms with van der Waals surface area (Å²) in [6.45, 7) is 4.79. The third-order valence-electron chi connectivity index (χ3n) is 4.90. The molecule has 2 heterocycles. The molecular weight excluding hydrogens is 366 g/mol. The second-order valence-corrected chi connectivity index (χ2v) is 6.80. The summed E-state index contributed by atoms with van der Waals surface area (Å²) in [4.78, 5) is 17.0. The van der Waals surface area contributed by atoms with Gasteiger partial charge in [0.05, 0.1) is 19.0 Å². The van der Waals surface area contributed by atoms with Crippen LogP contribution in [0.5, 0.6) is 0 Å². The average Bonchev–Trinajstić information content (AvgIpc) is 3.40. The van der Waals surface area contributed by atoms with Crippen LogP contribution in [0.15, 0.2) is 71.7 Å². The third-order valence-corrected chi connectivity index (χ3v) is 4.90. The number of carbonyl (C=O) groups is 1. The molecule has 1 amide bonds. The van der Waals surface area contributed by atoms with Gasteiger partial charge in [-0.15, -0.1) is 0 Å². The van der Waals surface area contributed by atoms with Crippen LogP contribution in [0.1, 0.15) is 41.6 Å². The number of carbonyl (C=O) groups excluding carboxylic acids is 1. The number of furan rings is 1. The minimum atomic E-state index is -0.248. The number of hydrogen-bond donors (Lipinski definition) is 1. The molecule has 148 valence electrons. The fourth-order valence-electron chi connectivity index (χ4n) is 3.32. The van der Waals surface area contributed by atoms with Crippen molar-refractivity contribution in [1.29, 1.82) is 0 Å². The topological polar surface area (TPSA) is 69.3 Å². The highest BCUT2D eigenvalue weighted by Crippen LogP contribution is 2.27. The van der Waals surface area contributed by atoms with E-state index < -0.39 is 0 Å². The minimum Gasteiger partial charge on any atom is -0.451 e. The lowest BCUT2D eigenvalue weighted by atomic mass is 10.1. The molecule has 0 radical (unpaired) electrons. The SMILES string of the molecule is CCOCc1c(C(=O)NC(C)c2ccc(-n3ccnc3)cc2)oc2ccccc12. The summed E-state index contributed by atoms with van der Waals surface area (Å²) in [6, 6.07) is 15.5. The maximum atomic E-state index is 13.0. The molecule has 0 aliphatic carbocycles. The molecule has 29 heavy (non-hydrogen) atoms. The van der Waals surface area contributed by atoms with E-state index in [1.54, 1.807) is 12.5 Å². The number of benzene rings is 2. The van der Waals surface area contributed by atoms with Gasteiger partial charge < -0.3 is 19.0 Å². The number of rotatable bonds is 7. The van der Waals surface area contributed by atoms with Crippen molar-refractivity contribution in [3.05, 3.63) is 84.1 Å². The van der Waals surface area contributed by atoms with Crippen LogP contribution in [-0.2, 0) is 11.3 Å². The summed E-state index contributed by atoms with van der Waals surface area (Å²) >= 11 is 0. The van der Waals surface area contributed by atoms with E-state index in [1.165, 1.54) is 0 Å². The van der Waals surface area contributed by atoms with E-state index in [2.05, 4.69) is 10.3 Å². The first-order valence-corrected chi connectivity index (χ1v) is 9.64. The lowest BCUT2D eigenvalue weighted by Crippen LogP contribution is -2.27. The Hall–Kier alpha value is -3.38. The van der Waals surface area contributed by atoms with Crippen molar-refractivity contribution in [2.45, 2.75) is 26.5 Å². The average molecular weight is 389 g/mol. The molecule has 0 bridgehead atoms. The maximum absolute atomic E-state index is 13.0. The first-order chi connectivity index (χ1) is 14.2. The van der Waals surface area contributed by atoms with E-state index in [0.29, 0.717) is 24.6 Å². The Labute approximate surface area is 169 Å². The van der Waals surface area contributed by atoms with Crippen LogP contribution in [0.4, 0.5) is 0 Å². The fourth-order valence-corrected chi connectivity index (χ4v) is 3.32. The van der Waals surface area contributed by atoms with Gasteiger partial charge in [0.2, 0.25) is 0 Å². The number of nitrogens with one attached hydrogen (secondary N) is 1. The molecule has 4 aromatic rings. The van der Waals surface area contributed by atoms with Gasteiger partial charge in [-0.05, 0) is 37.6 Å². The van der Waals surface area contributed by atoms with Crippen molar-refractivity contribution in [1.82, 2.24) is 14.9 Å². The normalized spacial score (nSPS) is 12.2. The van der Waals surface area contributed by atoms with Crippen molar-refractivity contribution in [3.63, 3.8) is 0 Å². The van der Waals surface area contributed by atoms with Crippen molar-refractivity contribution in [3.8, 4) is 5.69 Å². The van der Waals surface area contributed by atoms with Gasteiger partial charge in [-0.2, -0.15) is 0 Å². The Morgan fingerprint density at radius 3 is 2.72 bits per heavy atom. The van der Waals surface area contributed by atoms with E-state index in [4.69, 9.17) is 9.15 Å². The van der Waals surface area contributed by atoms with E-state index in [0.717, 1.165) is 22.2 Å². The third kappa shape index (κ3) is 3.93. The number of amides is 1. The summed E-state index contributed by atoms with van der Waals surface area (Å²) in [5, 5.41) is 3.94. The number of nitrogens with zero attached hydrogens (tertiary/aromatic N) is 2. The van der Waals surface area contributed by atoms with Crippen molar-refractivity contribution in [2.24, 2.45) is 0 Å². The highest BCUT2D eigenvalue weighted by molar-refractivity contribution is 5.99. The zero-order chi connectivity index (χ0) is 20.2. The van der Waals surface area contributed by atoms with Crippen LogP contribution in [0.25, 0.3) is 16.7 Å². The van der Waals surface area contributed by atoms with Crippen molar-refractivity contribution in [2.75, 3.05) is 6.61 Å². The van der Waals surface area contributed by atoms with Crippen LogP contribution in [0.2, 0.25) is 0 Å². The lowest BCUT2D eigenvalue weighted by Gasteiger charge is -2.15. The molecule has 6 nitrogen and oxygen atoms in total. The highest BCUT2D eigenvalue weighted by atomic mass is 16.5. The molecule has 1 atom stereocenters. The van der Waals surface area contributed by atoms with Crippen LogP contribution in [-0.4, -0.2) is 22.1 Å². The molecule has 6 heteroatoms. The number of ether oxygens (including phenoxy) is 1. The predicted octanol–water partition coefficient (Wildman–Crippen LogP) is 4.65. The van der Waals surface area contributed by atoms with Crippen LogP contribution in [0.3, 0.4) is 0 Å². The Balaban J connectivity index is 1.54. The molecule has 0 aliphatic heterocycles. The maximum Gasteiger partial charge on any atom is 0.287 e. The zero-order valence-electron chi connectivity index (χ0n) is 16.5. The predicted molar refractivity (Wildman–Crippen MR) is 111 cm³/mol. The number of fused-ring (bicyclic) bond motifs is 1. The molecule has 1 N–H and O–H groups in total. The van der Waals surface area contributed by atoms with Gasteiger partial charge in [0.25, 0.3) is 5.91 Å². The van der Waals surface area contributed by atoms with Gasteiger partial charge in [-0.3, -0.25) is 4.79 Å². The molecule has 0 saturated heterocycles. The Morgan fingerprint density at radius 2 is 2.00 bits per heavy atom. The second-order valence-electron chi connectivity index (χ2n) is 6.80. The molecular formula is C23H23N3O3. The van der Waals surface area contributed by atoms with Gasteiger partial charge >= 0.3 is 0 Å². The molecule has 2 aromatic carbocycles. The largest absolute Gasteiger partial charge is 0.451 e. The van der Waals surface area contributed by atoms with E-state index in [-0.39, 0.29) is 11.9 Å².